The van der Waals surface area contributed by atoms with Crippen LogP contribution in [-0.2, 0) is 4.79 Å². The highest BCUT2D eigenvalue weighted by atomic mass is 35.5. The highest BCUT2D eigenvalue weighted by molar-refractivity contribution is 6.29. The molecular formula is C24H25ClF3N7O2. The number of alkyl halides is 2. The van der Waals surface area contributed by atoms with Crippen LogP contribution >= 0.6 is 11.6 Å². The molecule has 13 heteroatoms. The second-order valence-electron chi connectivity index (χ2n) is 10.2. The summed E-state index contributed by atoms with van der Waals surface area (Å²) in [6, 6.07) is -0.502. The maximum atomic E-state index is 16.0. The maximum absolute atomic E-state index is 16.0. The van der Waals surface area contributed by atoms with Crippen molar-refractivity contribution in [3.8, 4) is 11.4 Å². The van der Waals surface area contributed by atoms with Crippen molar-refractivity contribution in [3.63, 3.8) is 0 Å². The van der Waals surface area contributed by atoms with Gasteiger partial charge < -0.3 is 20.3 Å². The number of carboxylic acid groups (broad SMARTS) is 1. The van der Waals surface area contributed by atoms with E-state index in [4.69, 9.17) is 11.6 Å². The van der Waals surface area contributed by atoms with Crippen molar-refractivity contribution < 1.29 is 23.1 Å². The molecule has 3 aromatic heterocycles. The summed E-state index contributed by atoms with van der Waals surface area (Å²) in [5.41, 5.74) is 1.22. The van der Waals surface area contributed by atoms with Gasteiger partial charge in [0.05, 0.1) is 17.7 Å². The summed E-state index contributed by atoms with van der Waals surface area (Å²) >= 11 is 6.05. The van der Waals surface area contributed by atoms with E-state index in [1.807, 2.05) is 0 Å². The highest BCUT2D eigenvalue weighted by Gasteiger charge is 2.48. The van der Waals surface area contributed by atoms with Gasteiger partial charge >= 0.3 is 5.97 Å². The van der Waals surface area contributed by atoms with Crippen molar-refractivity contribution >= 4 is 40.4 Å². The van der Waals surface area contributed by atoms with Crippen molar-refractivity contribution in [2.75, 3.05) is 23.3 Å². The van der Waals surface area contributed by atoms with Gasteiger partial charge in [0.2, 0.25) is 5.82 Å². The SMILES string of the molecule is O=C(O)[C@H]1C2CCC(CC2)[C@@H]1Nc1nc(-c2c[nH]c3ncc(Cl)nc23)nc(N2CCC(F)(F)CC2)c1F. The minimum atomic E-state index is -2.82. The number of fused-ring (bicyclic) bond motifs is 4. The quantitative estimate of drug-likeness (QED) is 0.428. The van der Waals surface area contributed by atoms with Crippen LogP contribution in [0.4, 0.5) is 24.8 Å². The molecule has 1 saturated heterocycles. The summed E-state index contributed by atoms with van der Waals surface area (Å²) in [6.45, 7) is -0.156. The molecule has 37 heavy (non-hydrogen) atoms. The zero-order chi connectivity index (χ0) is 25.9. The van der Waals surface area contributed by atoms with Crippen molar-refractivity contribution in [2.24, 2.45) is 17.8 Å². The van der Waals surface area contributed by atoms with Crippen LogP contribution in [0.5, 0.6) is 0 Å². The molecule has 3 N–H and O–H groups in total. The topological polar surface area (TPSA) is 120 Å². The van der Waals surface area contributed by atoms with Gasteiger partial charge in [0.25, 0.3) is 5.92 Å². The van der Waals surface area contributed by atoms with Crippen LogP contribution in [0.2, 0.25) is 5.15 Å². The molecule has 0 unspecified atom stereocenters. The first kappa shape index (κ1) is 24.2. The number of nitrogens with one attached hydrogen (secondary N) is 2. The third-order valence-corrected chi connectivity index (χ3v) is 8.21. The molecule has 2 atom stereocenters. The van der Waals surface area contributed by atoms with Crippen LogP contribution in [0, 0.1) is 23.6 Å². The lowest BCUT2D eigenvalue weighted by atomic mass is 9.61. The molecule has 0 spiro atoms. The predicted molar refractivity (Wildman–Crippen MR) is 130 cm³/mol. The van der Waals surface area contributed by atoms with E-state index in [0.717, 1.165) is 25.7 Å². The lowest BCUT2D eigenvalue weighted by molar-refractivity contribution is -0.148. The normalized spacial score (nSPS) is 27.0. The number of carboxylic acids is 1. The summed E-state index contributed by atoms with van der Waals surface area (Å²) in [6.07, 6.45) is 5.50. The van der Waals surface area contributed by atoms with Crippen LogP contribution in [0.1, 0.15) is 38.5 Å². The van der Waals surface area contributed by atoms with Gasteiger partial charge in [0.1, 0.15) is 10.7 Å². The number of aliphatic carboxylic acids is 1. The number of hydrogen-bond acceptors (Lipinski definition) is 7. The molecule has 3 saturated carbocycles. The van der Waals surface area contributed by atoms with Gasteiger partial charge in [0.15, 0.2) is 23.1 Å². The monoisotopic (exact) mass is 535 g/mol. The van der Waals surface area contributed by atoms with Crippen LogP contribution < -0.4 is 10.2 Å². The molecule has 3 aliphatic carbocycles. The summed E-state index contributed by atoms with van der Waals surface area (Å²) < 4.78 is 43.7. The second-order valence-corrected chi connectivity index (χ2v) is 10.6. The Balaban J connectivity index is 1.44. The van der Waals surface area contributed by atoms with Crippen molar-refractivity contribution in [1.82, 2.24) is 24.9 Å². The third kappa shape index (κ3) is 4.34. The first-order valence-corrected chi connectivity index (χ1v) is 12.8. The lowest BCUT2D eigenvalue weighted by Gasteiger charge is -2.47. The number of halogens is 4. The molecule has 4 heterocycles. The minimum Gasteiger partial charge on any atom is -0.481 e. The van der Waals surface area contributed by atoms with Crippen LogP contribution in [0.15, 0.2) is 12.4 Å². The summed E-state index contributed by atoms with van der Waals surface area (Å²) in [5.74, 6) is -5.26. The number of anilines is 2. The molecule has 3 aromatic rings. The number of aromatic amines is 1. The number of H-pyrrole nitrogens is 1. The number of nitrogens with zero attached hydrogens (tertiary/aromatic N) is 5. The van der Waals surface area contributed by atoms with Gasteiger partial charge in [0, 0.05) is 38.2 Å². The van der Waals surface area contributed by atoms with Gasteiger partial charge in [-0.15, -0.1) is 0 Å². The Morgan fingerprint density at radius 2 is 1.84 bits per heavy atom. The van der Waals surface area contributed by atoms with Crippen LogP contribution in [0.3, 0.4) is 0 Å². The Kier molecular flexibility index (Phi) is 5.89. The van der Waals surface area contributed by atoms with E-state index in [9.17, 15) is 18.7 Å². The van der Waals surface area contributed by atoms with Crippen molar-refractivity contribution in [1.29, 1.82) is 0 Å². The Morgan fingerprint density at radius 3 is 2.54 bits per heavy atom. The Bertz CT molecular complexity index is 1350. The first-order valence-electron chi connectivity index (χ1n) is 12.4. The zero-order valence-electron chi connectivity index (χ0n) is 19.7. The van der Waals surface area contributed by atoms with E-state index in [-0.39, 0.29) is 47.5 Å². The Morgan fingerprint density at radius 1 is 1.14 bits per heavy atom. The van der Waals surface area contributed by atoms with Gasteiger partial charge in [-0.25, -0.2) is 28.7 Å². The maximum Gasteiger partial charge on any atom is 0.308 e. The van der Waals surface area contributed by atoms with E-state index >= 15 is 4.39 Å². The van der Waals surface area contributed by atoms with Crippen LogP contribution in [-0.4, -0.2) is 61.0 Å². The van der Waals surface area contributed by atoms with E-state index in [1.54, 1.807) is 6.20 Å². The van der Waals surface area contributed by atoms with E-state index in [0.29, 0.717) is 16.7 Å². The number of piperidine rings is 1. The molecule has 2 bridgehead atoms. The Labute approximate surface area is 214 Å². The molecule has 9 nitrogen and oxygen atoms in total. The van der Waals surface area contributed by atoms with Gasteiger partial charge in [-0.05, 0) is 37.5 Å². The first-order chi connectivity index (χ1) is 17.7. The van der Waals surface area contributed by atoms with Gasteiger partial charge in [-0.3, -0.25) is 4.79 Å². The molecule has 1 aliphatic heterocycles. The fourth-order valence-electron chi connectivity index (χ4n) is 6.12. The van der Waals surface area contributed by atoms with Gasteiger partial charge in [-0.2, -0.15) is 4.39 Å². The molecule has 0 amide bonds. The molecule has 4 fully saturated rings. The average Bonchev–Trinajstić information content (AvgIpc) is 3.29. The van der Waals surface area contributed by atoms with E-state index in [1.165, 1.54) is 11.1 Å². The molecule has 0 aromatic carbocycles. The molecule has 4 aliphatic rings. The zero-order valence-corrected chi connectivity index (χ0v) is 20.5. The lowest BCUT2D eigenvalue weighted by Crippen LogP contribution is -2.51. The number of carbonyl (C=O) groups is 1. The average molecular weight is 536 g/mol. The second kappa shape index (κ2) is 9.00. The number of rotatable bonds is 5. The predicted octanol–water partition coefficient (Wildman–Crippen LogP) is 4.74. The fourth-order valence-corrected chi connectivity index (χ4v) is 6.25. The standard InChI is InChI=1S/C24H25ClF3N7O2/c25-14-10-30-21-18(31-14)13(9-29-21)19-33-20(16(26)22(34-19)35-7-5-24(27,28)6-8-35)32-17-12-3-1-11(2-4-12)15(17)23(36)37/h9-12,15,17H,1-8H2,(H,29,30)(H,36,37)(H,32,33,34)/t11?,12?,15-,17-/m0/s1. The molecule has 7 rings (SSSR count). The smallest absolute Gasteiger partial charge is 0.308 e. The fraction of sp³-hybridized carbons (Fsp3) is 0.542. The highest BCUT2D eigenvalue weighted by Crippen LogP contribution is 2.47. The molecule has 0 radical (unpaired) electrons. The molecule has 196 valence electrons. The number of hydrogen-bond donors (Lipinski definition) is 3. The van der Waals surface area contributed by atoms with Crippen molar-refractivity contribution in [3.05, 3.63) is 23.4 Å². The molecular weight excluding hydrogens is 511 g/mol. The van der Waals surface area contributed by atoms with Crippen molar-refractivity contribution in [2.45, 2.75) is 50.5 Å². The van der Waals surface area contributed by atoms with Gasteiger partial charge in [-0.1, -0.05) is 11.6 Å². The van der Waals surface area contributed by atoms with Crippen LogP contribution in [0.25, 0.3) is 22.6 Å². The third-order valence-electron chi connectivity index (χ3n) is 8.03. The summed E-state index contributed by atoms with van der Waals surface area (Å²) in [7, 11) is 0. The summed E-state index contributed by atoms with van der Waals surface area (Å²) in [5, 5.41) is 13.2. The number of aromatic nitrogens is 5. The summed E-state index contributed by atoms with van der Waals surface area (Å²) in [4.78, 5) is 34.0. The minimum absolute atomic E-state index is 0.0131. The Hall–Kier alpha value is -3.15. The van der Waals surface area contributed by atoms with E-state index < -0.39 is 42.5 Å². The largest absolute Gasteiger partial charge is 0.481 e. The van der Waals surface area contributed by atoms with E-state index in [2.05, 4.69) is 30.2 Å².